The van der Waals surface area contributed by atoms with Crippen LogP contribution < -0.4 is 0 Å². The van der Waals surface area contributed by atoms with Crippen LogP contribution in [0.5, 0.6) is 0 Å². The van der Waals surface area contributed by atoms with Gasteiger partial charge in [0.15, 0.2) is 0 Å². The molecule has 4 nitrogen and oxygen atoms in total. The summed E-state index contributed by atoms with van der Waals surface area (Å²) in [5.74, 6) is 5.30. The Kier molecular flexibility index (Phi) is 9.04. The maximum absolute atomic E-state index is 6.58. The van der Waals surface area contributed by atoms with Gasteiger partial charge in [0.1, 0.15) is 5.69 Å². The Morgan fingerprint density at radius 2 is 1.70 bits per heavy atom. The zero-order valence-corrected chi connectivity index (χ0v) is 29.1. The van der Waals surface area contributed by atoms with Crippen LogP contribution in [0, 0.1) is 46.3 Å². The van der Waals surface area contributed by atoms with Gasteiger partial charge in [-0.2, -0.15) is 0 Å². The first-order valence-electron chi connectivity index (χ1n) is 18.6. The molecule has 0 aliphatic heterocycles. The van der Waals surface area contributed by atoms with E-state index in [4.69, 9.17) is 4.74 Å². The fraction of sp³-hybridized carbons (Fsp3) is 0.619. The number of benzene rings is 2. The molecule has 3 aromatic rings. The second kappa shape index (κ2) is 13.1. The Hall–Kier alpha value is -2.72. The van der Waals surface area contributed by atoms with Crippen molar-refractivity contribution in [1.82, 2.24) is 15.0 Å². The fourth-order valence-electron chi connectivity index (χ4n) is 11.0. The van der Waals surface area contributed by atoms with Crippen molar-refractivity contribution in [2.24, 2.45) is 46.3 Å². The van der Waals surface area contributed by atoms with Crippen LogP contribution in [0.25, 0.3) is 16.8 Å². The van der Waals surface area contributed by atoms with Crippen LogP contribution in [0.4, 0.5) is 0 Å². The summed E-state index contributed by atoms with van der Waals surface area (Å²) in [6, 6.07) is 18.9. The lowest BCUT2D eigenvalue weighted by Gasteiger charge is -2.58. The lowest BCUT2D eigenvalue weighted by Crippen LogP contribution is -2.51. The zero-order valence-electron chi connectivity index (χ0n) is 29.1. The molecule has 3 saturated carbocycles. The van der Waals surface area contributed by atoms with Crippen molar-refractivity contribution in [1.29, 1.82) is 0 Å². The number of hydrogen-bond acceptors (Lipinski definition) is 3. The third-order valence-electron chi connectivity index (χ3n) is 13.5. The Bertz CT molecular complexity index is 1510. The third kappa shape index (κ3) is 5.93. The van der Waals surface area contributed by atoms with Gasteiger partial charge < -0.3 is 4.74 Å². The number of hydrogen-bond donors (Lipinski definition) is 0. The van der Waals surface area contributed by atoms with Gasteiger partial charge in [-0.15, -0.1) is 5.10 Å². The van der Waals surface area contributed by atoms with E-state index in [1.165, 1.54) is 63.4 Å². The minimum atomic E-state index is 0.272. The summed E-state index contributed by atoms with van der Waals surface area (Å²) in [5, 5.41) is 9.02. The molecule has 0 N–H and O–H groups in total. The quantitative estimate of drug-likeness (QED) is 0.212. The number of fused-ring (bicyclic) bond motifs is 5. The van der Waals surface area contributed by atoms with E-state index in [-0.39, 0.29) is 6.10 Å². The normalized spacial score (nSPS) is 32.8. The first-order valence-corrected chi connectivity index (χ1v) is 18.6. The number of rotatable bonds is 10. The van der Waals surface area contributed by atoms with Gasteiger partial charge in [-0.25, -0.2) is 4.68 Å². The highest BCUT2D eigenvalue weighted by Gasteiger charge is 2.59. The highest BCUT2D eigenvalue weighted by molar-refractivity contribution is 5.72. The van der Waals surface area contributed by atoms with Crippen molar-refractivity contribution in [3.63, 3.8) is 0 Å². The molecule has 3 fully saturated rings. The number of aromatic nitrogens is 3. The average Bonchev–Trinajstić information content (AvgIpc) is 3.68. The second-order valence-electron chi connectivity index (χ2n) is 16.5. The van der Waals surface area contributed by atoms with Gasteiger partial charge in [-0.1, -0.05) is 119 Å². The van der Waals surface area contributed by atoms with Crippen molar-refractivity contribution in [2.45, 2.75) is 118 Å². The average molecular weight is 620 g/mol. The summed E-state index contributed by atoms with van der Waals surface area (Å²) in [6.45, 7) is 13.2. The Labute approximate surface area is 278 Å². The van der Waals surface area contributed by atoms with Crippen molar-refractivity contribution >= 4 is 0 Å². The molecule has 4 aliphatic rings. The minimum absolute atomic E-state index is 0.272. The summed E-state index contributed by atoms with van der Waals surface area (Å²) >= 11 is 0. The molecule has 1 heterocycles. The zero-order chi connectivity index (χ0) is 31.9. The SMILES string of the molecule is CC(C)CCC[C@@H](C)[C@H]1CC[C@H]2[C@@H]3CC=C4C[C@@H](OCc5cn(-c6ccccc6-c6ccccc6)nn5)CC[C@]4(C)[C@H]3CC[C@]12C. The summed E-state index contributed by atoms with van der Waals surface area (Å²) < 4.78 is 8.48. The lowest BCUT2D eigenvalue weighted by molar-refractivity contribution is -0.0658. The largest absolute Gasteiger partial charge is 0.371 e. The molecule has 246 valence electrons. The molecule has 0 bridgehead atoms. The van der Waals surface area contributed by atoms with Crippen LogP contribution in [-0.2, 0) is 11.3 Å². The predicted octanol–water partition coefficient (Wildman–Crippen LogP) is 10.9. The van der Waals surface area contributed by atoms with Gasteiger partial charge in [0.05, 0.1) is 24.6 Å². The first-order chi connectivity index (χ1) is 22.3. The molecular formula is C42H57N3O. The first kappa shape index (κ1) is 31.9. The number of para-hydroxylation sites is 1. The maximum Gasteiger partial charge on any atom is 0.109 e. The van der Waals surface area contributed by atoms with Crippen molar-refractivity contribution < 1.29 is 4.74 Å². The molecule has 2 aromatic carbocycles. The molecule has 4 aliphatic carbocycles. The fourth-order valence-corrected chi connectivity index (χ4v) is 11.0. The van der Waals surface area contributed by atoms with Gasteiger partial charge in [-0.05, 0) is 109 Å². The molecule has 7 rings (SSSR count). The van der Waals surface area contributed by atoms with E-state index in [1.54, 1.807) is 5.57 Å². The van der Waals surface area contributed by atoms with Gasteiger partial charge >= 0.3 is 0 Å². The summed E-state index contributed by atoms with van der Waals surface area (Å²) in [7, 11) is 0. The molecule has 0 saturated heterocycles. The van der Waals surface area contributed by atoms with Crippen LogP contribution in [0.1, 0.15) is 111 Å². The summed E-state index contributed by atoms with van der Waals surface area (Å²) in [6.07, 6.45) is 19.9. The Morgan fingerprint density at radius 1 is 0.891 bits per heavy atom. The molecular weight excluding hydrogens is 562 g/mol. The van der Waals surface area contributed by atoms with Gasteiger partial charge in [-0.3, -0.25) is 0 Å². The summed E-state index contributed by atoms with van der Waals surface area (Å²) in [4.78, 5) is 0. The van der Waals surface area contributed by atoms with Gasteiger partial charge in [0.2, 0.25) is 0 Å². The van der Waals surface area contributed by atoms with Gasteiger partial charge in [0.25, 0.3) is 0 Å². The van der Waals surface area contributed by atoms with E-state index < -0.39 is 0 Å². The van der Waals surface area contributed by atoms with Crippen LogP contribution in [0.3, 0.4) is 0 Å². The number of allylic oxidation sites excluding steroid dienone is 1. The Morgan fingerprint density at radius 3 is 2.52 bits per heavy atom. The van der Waals surface area contributed by atoms with Crippen molar-refractivity contribution in [2.75, 3.05) is 0 Å². The summed E-state index contributed by atoms with van der Waals surface area (Å²) in [5.41, 5.74) is 6.89. The van der Waals surface area contributed by atoms with E-state index in [1.807, 2.05) is 10.9 Å². The lowest BCUT2D eigenvalue weighted by atomic mass is 9.47. The standard InChI is InChI=1S/C42H57N3O/c1-29(2)12-11-13-30(3)37-20-21-38-36-19-18-32-26-34(22-24-41(32,4)39(36)23-25-42(37,38)5)46-28-33-27-45(44-43-33)40-17-10-9-16-35(40)31-14-7-6-8-15-31/h6-10,14-18,27,29-30,34,36-39H,11-13,19-26,28H2,1-5H3/t30-,34+,36+,37-,38+,39+,41+,42-/m1/s1. The van der Waals surface area contributed by atoms with Crippen LogP contribution >= 0.6 is 0 Å². The Balaban J connectivity index is 0.982. The molecule has 0 amide bonds. The van der Waals surface area contributed by atoms with E-state index in [2.05, 4.69) is 106 Å². The van der Waals surface area contributed by atoms with Crippen molar-refractivity contribution in [3.05, 3.63) is 78.1 Å². The van der Waals surface area contributed by atoms with Crippen molar-refractivity contribution in [3.8, 4) is 16.8 Å². The predicted molar refractivity (Wildman–Crippen MR) is 188 cm³/mol. The van der Waals surface area contributed by atoms with Crippen LogP contribution in [-0.4, -0.2) is 21.1 Å². The second-order valence-corrected chi connectivity index (χ2v) is 16.5. The van der Waals surface area contributed by atoms with Crippen LogP contribution in [0.2, 0.25) is 0 Å². The topological polar surface area (TPSA) is 39.9 Å². The number of ether oxygens (including phenoxy) is 1. The van der Waals surface area contributed by atoms with E-state index in [9.17, 15) is 0 Å². The van der Waals surface area contributed by atoms with E-state index >= 15 is 0 Å². The maximum atomic E-state index is 6.58. The molecule has 0 unspecified atom stereocenters. The molecule has 1 aromatic heterocycles. The van der Waals surface area contributed by atoms with E-state index in [0.717, 1.165) is 65.3 Å². The highest BCUT2D eigenvalue weighted by Crippen LogP contribution is 2.67. The molecule has 4 heteroatoms. The molecule has 8 atom stereocenters. The van der Waals surface area contributed by atoms with E-state index in [0.29, 0.717) is 17.4 Å². The van der Waals surface area contributed by atoms with Gasteiger partial charge in [0, 0.05) is 5.56 Å². The molecule has 0 spiro atoms. The monoisotopic (exact) mass is 619 g/mol. The highest BCUT2D eigenvalue weighted by atomic mass is 16.5. The molecule has 0 radical (unpaired) electrons. The smallest absolute Gasteiger partial charge is 0.109 e. The third-order valence-corrected chi connectivity index (χ3v) is 13.5. The molecule has 46 heavy (non-hydrogen) atoms. The minimum Gasteiger partial charge on any atom is -0.371 e. The van der Waals surface area contributed by atoms with Crippen LogP contribution in [0.15, 0.2) is 72.4 Å². The number of nitrogens with zero attached hydrogens (tertiary/aromatic N) is 3.